The Hall–Kier alpha value is -2.62. The molecular formula is C17H17NO3. The molecule has 1 atom stereocenters. The molecule has 0 fully saturated rings. The van der Waals surface area contributed by atoms with E-state index in [2.05, 4.69) is 0 Å². The molecule has 0 aliphatic heterocycles. The number of hydrogen-bond acceptors (Lipinski definition) is 3. The van der Waals surface area contributed by atoms with Crippen LogP contribution in [0.3, 0.4) is 0 Å². The van der Waals surface area contributed by atoms with E-state index in [0.717, 1.165) is 11.1 Å². The van der Waals surface area contributed by atoms with Crippen LogP contribution in [0.4, 0.5) is 0 Å². The zero-order valence-corrected chi connectivity index (χ0v) is 12.0. The summed E-state index contributed by atoms with van der Waals surface area (Å²) in [7, 11) is 0. The molecule has 21 heavy (non-hydrogen) atoms. The predicted molar refractivity (Wildman–Crippen MR) is 79.7 cm³/mol. The molecule has 0 saturated carbocycles. The van der Waals surface area contributed by atoms with Crippen LogP contribution in [0.25, 0.3) is 0 Å². The van der Waals surface area contributed by atoms with Crippen LogP contribution in [-0.4, -0.2) is 11.9 Å². The smallest absolute Gasteiger partial charge is 0.339 e. The molecule has 0 heterocycles. The van der Waals surface area contributed by atoms with E-state index in [0.29, 0.717) is 11.1 Å². The quantitative estimate of drug-likeness (QED) is 0.877. The molecule has 2 N–H and O–H groups in total. The summed E-state index contributed by atoms with van der Waals surface area (Å²) in [6.45, 7) is 3.71. The van der Waals surface area contributed by atoms with Crippen LogP contribution in [0.15, 0.2) is 48.5 Å². The van der Waals surface area contributed by atoms with Gasteiger partial charge in [0.25, 0.3) is 5.91 Å². The normalized spacial score (nSPS) is 11.7. The van der Waals surface area contributed by atoms with Crippen molar-refractivity contribution in [3.63, 3.8) is 0 Å². The maximum Gasteiger partial charge on any atom is 0.339 e. The van der Waals surface area contributed by atoms with Crippen LogP contribution >= 0.6 is 0 Å². The van der Waals surface area contributed by atoms with Gasteiger partial charge in [-0.15, -0.1) is 0 Å². The summed E-state index contributed by atoms with van der Waals surface area (Å²) in [6.07, 6.45) is -1.08. The van der Waals surface area contributed by atoms with Gasteiger partial charge >= 0.3 is 5.97 Å². The summed E-state index contributed by atoms with van der Waals surface area (Å²) in [6, 6.07) is 14.2. The zero-order chi connectivity index (χ0) is 15.4. The molecule has 0 bridgehead atoms. The number of rotatable bonds is 4. The topological polar surface area (TPSA) is 69.4 Å². The molecule has 2 aromatic carbocycles. The highest BCUT2D eigenvalue weighted by atomic mass is 16.5. The number of benzene rings is 2. The van der Waals surface area contributed by atoms with E-state index < -0.39 is 18.0 Å². The van der Waals surface area contributed by atoms with E-state index in [4.69, 9.17) is 10.5 Å². The Morgan fingerprint density at radius 1 is 1.05 bits per heavy atom. The molecule has 1 amide bonds. The maximum atomic E-state index is 12.3. The van der Waals surface area contributed by atoms with Crippen LogP contribution in [-0.2, 0) is 9.53 Å². The molecule has 2 aromatic rings. The lowest BCUT2D eigenvalue weighted by Crippen LogP contribution is -2.26. The Morgan fingerprint density at radius 2 is 1.71 bits per heavy atom. The number of carbonyl (C=O) groups excluding carboxylic acids is 2. The molecule has 0 spiro atoms. The number of hydrogen-bond donors (Lipinski definition) is 1. The van der Waals surface area contributed by atoms with Gasteiger partial charge in [-0.3, -0.25) is 4.79 Å². The van der Waals surface area contributed by atoms with E-state index >= 15 is 0 Å². The van der Waals surface area contributed by atoms with Gasteiger partial charge in [0.1, 0.15) is 0 Å². The molecule has 0 radical (unpaired) electrons. The first-order valence-electron chi connectivity index (χ1n) is 6.61. The molecule has 0 aliphatic carbocycles. The van der Waals surface area contributed by atoms with Crippen molar-refractivity contribution in [1.82, 2.24) is 0 Å². The number of amides is 1. The van der Waals surface area contributed by atoms with Gasteiger partial charge in [0.2, 0.25) is 6.10 Å². The van der Waals surface area contributed by atoms with Crippen LogP contribution < -0.4 is 5.73 Å². The van der Waals surface area contributed by atoms with E-state index in [1.54, 1.807) is 30.3 Å². The molecule has 2 rings (SSSR count). The summed E-state index contributed by atoms with van der Waals surface area (Å²) in [5.41, 5.74) is 8.09. The summed E-state index contributed by atoms with van der Waals surface area (Å²) < 4.78 is 5.31. The fourth-order valence-electron chi connectivity index (χ4n) is 2.04. The lowest BCUT2D eigenvalue weighted by Gasteiger charge is -2.16. The predicted octanol–water partition coefficient (Wildman–Crippen LogP) is 2.69. The van der Waals surface area contributed by atoms with Gasteiger partial charge in [-0.1, -0.05) is 48.0 Å². The Bertz CT molecular complexity index is 665. The minimum Gasteiger partial charge on any atom is -0.444 e. The Labute approximate surface area is 123 Å². The Kier molecular flexibility index (Phi) is 4.38. The van der Waals surface area contributed by atoms with E-state index in [-0.39, 0.29) is 0 Å². The summed E-state index contributed by atoms with van der Waals surface area (Å²) in [5, 5.41) is 0. The second kappa shape index (κ2) is 6.22. The average Bonchev–Trinajstić information content (AvgIpc) is 2.47. The highest BCUT2D eigenvalue weighted by Crippen LogP contribution is 2.20. The monoisotopic (exact) mass is 283 g/mol. The summed E-state index contributed by atoms with van der Waals surface area (Å²) in [4.78, 5) is 23.8. The molecule has 0 aliphatic rings. The average molecular weight is 283 g/mol. The number of aryl methyl sites for hydroxylation is 2. The largest absolute Gasteiger partial charge is 0.444 e. The van der Waals surface area contributed by atoms with Gasteiger partial charge in [-0.05, 0) is 25.5 Å². The first kappa shape index (κ1) is 14.8. The third-order valence-corrected chi connectivity index (χ3v) is 3.20. The molecule has 108 valence electrons. The minimum absolute atomic E-state index is 0.442. The second-order valence-electron chi connectivity index (χ2n) is 4.92. The van der Waals surface area contributed by atoms with Gasteiger partial charge in [0, 0.05) is 5.56 Å². The highest BCUT2D eigenvalue weighted by molar-refractivity contribution is 5.93. The third-order valence-electron chi connectivity index (χ3n) is 3.20. The maximum absolute atomic E-state index is 12.3. The fourth-order valence-corrected chi connectivity index (χ4v) is 2.04. The van der Waals surface area contributed by atoms with Gasteiger partial charge < -0.3 is 10.5 Å². The molecule has 0 unspecified atom stereocenters. The van der Waals surface area contributed by atoms with Crippen molar-refractivity contribution in [2.45, 2.75) is 20.0 Å². The van der Waals surface area contributed by atoms with Crippen LogP contribution in [0.5, 0.6) is 0 Å². The molecule has 0 saturated heterocycles. The van der Waals surface area contributed by atoms with Crippen molar-refractivity contribution < 1.29 is 14.3 Å². The van der Waals surface area contributed by atoms with E-state index in [9.17, 15) is 9.59 Å². The van der Waals surface area contributed by atoms with Crippen LogP contribution in [0, 0.1) is 13.8 Å². The Morgan fingerprint density at radius 3 is 2.33 bits per heavy atom. The summed E-state index contributed by atoms with van der Waals surface area (Å²) in [5.74, 6) is -1.25. The molecule has 4 nitrogen and oxygen atoms in total. The lowest BCUT2D eigenvalue weighted by atomic mass is 10.1. The lowest BCUT2D eigenvalue weighted by molar-refractivity contribution is -0.127. The standard InChI is InChI=1S/C17H17NO3/c1-11-8-9-12(2)14(10-11)17(20)21-15(16(18)19)13-6-4-3-5-7-13/h3-10,15H,1-2H3,(H2,18,19)/t15-/m0/s1. The van der Waals surface area contributed by atoms with Crippen molar-refractivity contribution in [2.75, 3.05) is 0 Å². The highest BCUT2D eigenvalue weighted by Gasteiger charge is 2.23. The van der Waals surface area contributed by atoms with Crippen molar-refractivity contribution in [3.8, 4) is 0 Å². The second-order valence-corrected chi connectivity index (χ2v) is 4.92. The number of carbonyl (C=O) groups is 2. The fraction of sp³-hybridized carbons (Fsp3) is 0.176. The van der Waals surface area contributed by atoms with Crippen LogP contribution in [0.1, 0.15) is 33.2 Å². The number of esters is 1. The van der Waals surface area contributed by atoms with Crippen LogP contribution in [0.2, 0.25) is 0 Å². The number of nitrogens with two attached hydrogens (primary N) is 1. The van der Waals surface area contributed by atoms with Gasteiger partial charge in [-0.25, -0.2) is 4.79 Å². The first-order chi connectivity index (χ1) is 9.99. The third kappa shape index (κ3) is 3.48. The van der Waals surface area contributed by atoms with Gasteiger partial charge in [0.15, 0.2) is 0 Å². The molecule has 0 aromatic heterocycles. The van der Waals surface area contributed by atoms with Crippen molar-refractivity contribution in [3.05, 3.63) is 70.8 Å². The SMILES string of the molecule is Cc1ccc(C)c(C(=O)O[C@H](C(N)=O)c2ccccc2)c1. The zero-order valence-electron chi connectivity index (χ0n) is 12.0. The van der Waals surface area contributed by atoms with E-state index in [1.807, 2.05) is 32.0 Å². The number of ether oxygens (including phenoxy) is 1. The van der Waals surface area contributed by atoms with Crippen molar-refractivity contribution in [2.24, 2.45) is 5.73 Å². The number of primary amides is 1. The van der Waals surface area contributed by atoms with Crippen molar-refractivity contribution in [1.29, 1.82) is 0 Å². The summed E-state index contributed by atoms with van der Waals surface area (Å²) >= 11 is 0. The van der Waals surface area contributed by atoms with Crippen molar-refractivity contribution >= 4 is 11.9 Å². The van der Waals surface area contributed by atoms with E-state index in [1.165, 1.54) is 0 Å². The molecule has 4 heteroatoms. The molecular weight excluding hydrogens is 266 g/mol. The first-order valence-corrected chi connectivity index (χ1v) is 6.61. The van der Waals surface area contributed by atoms with Gasteiger partial charge in [-0.2, -0.15) is 0 Å². The van der Waals surface area contributed by atoms with Gasteiger partial charge in [0.05, 0.1) is 5.56 Å². The minimum atomic E-state index is -1.08. The Balaban J connectivity index is 2.27.